The molecule has 9 heteroatoms. The summed E-state index contributed by atoms with van der Waals surface area (Å²) in [7, 11) is -4.61. The lowest BCUT2D eigenvalue weighted by atomic mass is 10.9. The minimum Gasteiger partial charge on any atom is -0.450 e. The van der Waals surface area contributed by atoms with Gasteiger partial charge in [-0.25, -0.2) is 10.1 Å². The third-order valence-corrected chi connectivity index (χ3v) is 0.287. The van der Waals surface area contributed by atoms with E-state index in [1.165, 1.54) is 0 Å². The molecule has 6 N–H and O–H groups in total. The summed E-state index contributed by atoms with van der Waals surface area (Å²) in [5, 5.41) is 6.50. The second-order valence-electron chi connectivity index (χ2n) is 1.35. The van der Waals surface area contributed by atoms with Crippen molar-refractivity contribution in [2.24, 2.45) is 5.73 Å². The molecule has 0 atom stereocenters. The monoisotopic (exact) mass is 212 g/mol. The minimum absolute atomic E-state index is 0.356. The summed E-state index contributed by atoms with van der Waals surface area (Å²) in [4.78, 5) is 38.9. The molecule has 0 aromatic rings. The molecule has 13 heavy (non-hydrogen) atoms. The quantitative estimate of drug-likeness (QED) is 0.304. The molecular weight excluding hydrogens is 200 g/mol. The fourth-order valence-corrected chi connectivity index (χ4v) is 0.142. The highest BCUT2D eigenvalue weighted by molar-refractivity contribution is 6.46. The van der Waals surface area contributed by atoms with Crippen LogP contribution < -0.4 is 5.73 Å². The normalized spacial score (nSPS) is 8.23. The summed E-state index contributed by atoms with van der Waals surface area (Å²) in [6.45, 7) is 5.56. The highest BCUT2D eigenvalue weighted by atomic mass is 28.4. The van der Waals surface area contributed by atoms with E-state index in [4.69, 9.17) is 24.4 Å². The van der Waals surface area contributed by atoms with E-state index < -0.39 is 15.1 Å². The zero-order chi connectivity index (χ0) is 11.5. The van der Waals surface area contributed by atoms with E-state index in [2.05, 4.69) is 17.0 Å². The highest BCUT2D eigenvalue weighted by Gasteiger charge is 2.22. The Kier molecular flexibility index (Phi) is 14.8. The lowest BCUT2D eigenvalue weighted by molar-refractivity contribution is 0.117. The minimum atomic E-state index is -4.61. The van der Waals surface area contributed by atoms with Gasteiger partial charge in [-0.15, -0.1) is 0 Å². The number of hydrogen-bond donors (Lipinski definition) is 5. The van der Waals surface area contributed by atoms with Crippen molar-refractivity contribution >= 4 is 15.1 Å². The molecule has 78 valence electrons. The summed E-state index contributed by atoms with van der Waals surface area (Å²) in [6.07, 6.45) is -0.711. The first-order valence-electron chi connectivity index (χ1n) is 2.85. The number of nitrogens with zero attached hydrogens (tertiary/aromatic N) is 1. The molecule has 0 heterocycles. The number of rotatable bonds is 1. The number of ether oxygens (including phenoxy) is 1. The van der Waals surface area contributed by atoms with Gasteiger partial charge in [0.25, 0.3) is 0 Å². The van der Waals surface area contributed by atoms with Gasteiger partial charge in [-0.1, -0.05) is 0 Å². The van der Waals surface area contributed by atoms with Crippen LogP contribution in [-0.4, -0.2) is 40.9 Å². The van der Waals surface area contributed by atoms with Crippen LogP contribution in [0.5, 0.6) is 0 Å². The largest absolute Gasteiger partial charge is 0.668 e. The van der Waals surface area contributed by atoms with E-state index in [1.54, 1.807) is 6.92 Å². The molecule has 0 aliphatic heterocycles. The van der Waals surface area contributed by atoms with E-state index in [-0.39, 0.29) is 0 Å². The number of carbonyl (C=O) groups excluding carboxylic acids is 1. The molecule has 0 saturated carbocycles. The molecule has 8 nitrogen and oxygen atoms in total. The molecule has 0 bridgehead atoms. The van der Waals surface area contributed by atoms with Crippen LogP contribution in [0.25, 0.3) is 0 Å². The SMILES string of the molecule is C#N.CCOC(N)=O.O[Si](O)(O)O. The van der Waals surface area contributed by atoms with Crippen molar-refractivity contribution in [3.8, 4) is 6.57 Å². The van der Waals surface area contributed by atoms with Crippen LogP contribution in [0.3, 0.4) is 0 Å². The van der Waals surface area contributed by atoms with Crippen molar-refractivity contribution in [1.29, 1.82) is 5.26 Å². The van der Waals surface area contributed by atoms with Gasteiger partial charge in [-0.05, 0) is 6.92 Å². The Labute approximate surface area is 75.9 Å². The summed E-state index contributed by atoms with van der Waals surface area (Å²) >= 11 is 0. The smallest absolute Gasteiger partial charge is 0.450 e. The Bertz CT molecular complexity index is 137. The third kappa shape index (κ3) is 255. The Balaban J connectivity index is -0.000000131. The maximum atomic E-state index is 9.60. The lowest BCUT2D eigenvalue weighted by Gasteiger charge is -1.91. The third-order valence-electron chi connectivity index (χ3n) is 0.287. The number of carbonyl (C=O) groups is 1. The summed E-state index contributed by atoms with van der Waals surface area (Å²) in [5.41, 5.74) is 4.54. The average molecular weight is 212 g/mol. The highest BCUT2D eigenvalue weighted by Crippen LogP contribution is 1.67. The first-order chi connectivity index (χ1) is 5.77. The summed E-state index contributed by atoms with van der Waals surface area (Å²) in [6, 6.07) is 0. The lowest BCUT2D eigenvalue weighted by Crippen LogP contribution is -2.33. The molecule has 0 unspecified atom stereocenters. The van der Waals surface area contributed by atoms with Gasteiger partial charge in [0.1, 0.15) is 0 Å². The standard InChI is InChI=1S/C3H7NO2.CHN.H4O4Si/c1-2-6-3(4)5;1-2;1-5(2,3)4/h2H2,1H3,(H2,4,5);1H;1-4H. The summed E-state index contributed by atoms with van der Waals surface area (Å²) in [5.74, 6) is 0. The van der Waals surface area contributed by atoms with Gasteiger partial charge >= 0.3 is 15.1 Å². The zero-order valence-corrected chi connectivity index (χ0v) is 7.91. The second-order valence-corrected chi connectivity index (χ2v) is 2.55. The van der Waals surface area contributed by atoms with Crippen LogP contribution in [0, 0.1) is 11.8 Å². The molecule has 0 saturated heterocycles. The number of primary amides is 1. The molecule has 0 spiro atoms. The predicted molar refractivity (Wildman–Crippen MR) is 42.5 cm³/mol. The second kappa shape index (κ2) is 10.8. The van der Waals surface area contributed by atoms with Crippen molar-refractivity contribution in [2.75, 3.05) is 6.61 Å². The van der Waals surface area contributed by atoms with Gasteiger partial charge in [0.05, 0.1) is 6.61 Å². The van der Waals surface area contributed by atoms with Gasteiger partial charge in [0, 0.05) is 6.57 Å². The van der Waals surface area contributed by atoms with Gasteiger partial charge in [0.15, 0.2) is 0 Å². The van der Waals surface area contributed by atoms with Crippen molar-refractivity contribution in [1.82, 2.24) is 0 Å². The Morgan fingerprint density at radius 1 is 1.46 bits per heavy atom. The van der Waals surface area contributed by atoms with E-state index in [9.17, 15) is 4.79 Å². The molecule has 0 rings (SSSR count). The van der Waals surface area contributed by atoms with Crippen LogP contribution in [0.1, 0.15) is 6.92 Å². The zero-order valence-electron chi connectivity index (χ0n) is 6.91. The molecule has 0 aliphatic rings. The molecule has 0 aliphatic carbocycles. The van der Waals surface area contributed by atoms with Crippen LogP contribution in [-0.2, 0) is 4.74 Å². The molecule has 1 amide bonds. The molecule has 0 aromatic heterocycles. The van der Waals surface area contributed by atoms with E-state index in [0.717, 1.165) is 0 Å². The van der Waals surface area contributed by atoms with E-state index in [0.29, 0.717) is 6.61 Å². The molecule has 0 fully saturated rings. The van der Waals surface area contributed by atoms with Crippen molar-refractivity contribution < 1.29 is 28.7 Å². The number of nitriles is 1. The molecule has 0 radical (unpaired) electrons. The van der Waals surface area contributed by atoms with Gasteiger partial charge in [0.2, 0.25) is 0 Å². The fraction of sp³-hybridized carbons (Fsp3) is 0.500. The van der Waals surface area contributed by atoms with E-state index >= 15 is 0 Å². The van der Waals surface area contributed by atoms with Gasteiger partial charge in [-0.3, -0.25) is 0 Å². The molecule has 0 aromatic carbocycles. The van der Waals surface area contributed by atoms with Gasteiger partial charge < -0.3 is 29.7 Å². The average Bonchev–Trinajstić information content (AvgIpc) is 1.87. The number of nitrogens with two attached hydrogens (primary N) is 1. The maximum absolute atomic E-state index is 9.60. The Morgan fingerprint density at radius 2 is 1.69 bits per heavy atom. The number of amides is 1. The van der Waals surface area contributed by atoms with Crippen molar-refractivity contribution in [2.45, 2.75) is 6.92 Å². The van der Waals surface area contributed by atoms with Crippen molar-refractivity contribution in [3.63, 3.8) is 0 Å². The number of hydrogen-bond acceptors (Lipinski definition) is 7. The predicted octanol–water partition coefficient (Wildman–Crippen LogP) is -2.37. The topological polar surface area (TPSA) is 157 Å². The van der Waals surface area contributed by atoms with Crippen LogP contribution in [0.2, 0.25) is 0 Å². The van der Waals surface area contributed by atoms with Crippen LogP contribution >= 0.6 is 0 Å². The van der Waals surface area contributed by atoms with Crippen LogP contribution in [0.15, 0.2) is 0 Å². The summed E-state index contributed by atoms with van der Waals surface area (Å²) < 4.78 is 4.18. The molecular formula is C4H12N2O6Si. The first kappa shape index (κ1) is 17.8. The van der Waals surface area contributed by atoms with Gasteiger partial charge in [-0.2, -0.15) is 0 Å². The van der Waals surface area contributed by atoms with E-state index in [1.807, 2.05) is 0 Å². The first-order valence-corrected chi connectivity index (χ1v) is 4.63. The van der Waals surface area contributed by atoms with Crippen molar-refractivity contribution in [3.05, 3.63) is 0 Å². The maximum Gasteiger partial charge on any atom is 0.668 e. The Morgan fingerprint density at radius 3 is 1.69 bits per heavy atom. The fourth-order valence-electron chi connectivity index (χ4n) is 0.142. The van der Waals surface area contributed by atoms with Crippen LogP contribution in [0.4, 0.5) is 4.79 Å². The Hall–Kier alpha value is -1.18.